The third-order valence-corrected chi connectivity index (χ3v) is 5.68. The second-order valence-electron chi connectivity index (χ2n) is 6.91. The standard InChI is InChI=1S/C22H27N3O3S/c1-24(16-20(26)23-18-10-6-7-11-19(18)29-2)21(17-8-4-3-5-9-17)22(27)25-12-14-28-15-13-25/h3-11,21H,12-16H2,1-2H3,(H,23,26)/t21-/m0/s1. The first-order valence-corrected chi connectivity index (χ1v) is 10.9. The van der Waals surface area contributed by atoms with Gasteiger partial charge in [-0.25, -0.2) is 0 Å². The highest BCUT2D eigenvalue weighted by Gasteiger charge is 2.31. The minimum atomic E-state index is -0.518. The molecule has 0 saturated carbocycles. The van der Waals surface area contributed by atoms with E-state index in [0.717, 1.165) is 16.1 Å². The molecule has 3 rings (SSSR count). The zero-order valence-corrected chi connectivity index (χ0v) is 17.7. The summed E-state index contributed by atoms with van der Waals surface area (Å²) in [6.07, 6.45) is 1.98. The van der Waals surface area contributed by atoms with Crippen LogP contribution >= 0.6 is 11.8 Å². The fourth-order valence-electron chi connectivity index (χ4n) is 3.43. The molecule has 1 atom stereocenters. The van der Waals surface area contributed by atoms with E-state index in [9.17, 15) is 9.59 Å². The van der Waals surface area contributed by atoms with Crippen LogP contribution < -0.4 is 5.32 Å². The van der Waals surface area contributed by atoms with E-state index in [4.69, 9.17) is 4.74 Å². The highest BCUT2D eigenvalue weighted by molar-refractivity contribution is 7.98. The van der Waals surface area contributed by atoms with Gasteiger partial charge in [-0.05, 0) is 31.0 Å². The van der Waals surface area contributed by atoms with E-state index in [-0.39, 0.29) is 18.4 Å². The Labute approximate surface area is 176 Å². The number of thioether (sulfide) groups is 1. The summed E-state index contributed by atoms with van der Waals surface area (Å²) < 4.78 is 5.37. The van der Waals surface area contributed by atoms with Crippen LogP contribution in [-0.2, 0) is 14.3 Å². The van der Waals surface area contributed by atoms with Crippen LogP contribution in [0.25, 0.3) is 0 Å². The normalized spacial score (nSPS) is 15.2. The van der Waals surface area contributed by atoms with Crippen LogP contribution in [0.4, 0.5) is 5.69 Å². The van der Waals surface area contributed by atoms with Crippen molar-refractivity contribution < 1.29 is 14.3 Å². The van der Waals surface area contributed by atoms with Crippen molar-refractivity contribution in [3.8, 4) is 0 Å². The lowest BCUT2D eigenvalue weighted by molar-refractivity contribution is -0.141. The first-order chi connectivity index (χ1) is 14.1. The minimum Gasteiger partial charge on any atom is -0.378 e. The number of carbonyl (C=O) groups is 2. The first kappa shape index (κ1) is 21.4. The summed E-state index contributed by atoms with van der Waals surface area (Å²) in [5.74, 6) is -0.149. The molecule has 1 aliphatic heterocycles. The zero-order chi connectivity index (χ0) is 20.6. The lowest BCUT2D eigenvalue weighted by Gasteiger charge is -2.34. The molecular weight excluding hydrogens is 386 g/mol. The topological polar surface area (TPSA) is 61.9 Å². The summed E-state index contributed by atoms with van der Waals surface area (Å²) in [6.45, 7) is 2.34. The van der Waals surface area contributed by atoms with Crippen LogP contribution in [-0.4, -0.2) is 67.8 Å². The second-order valence-corrected chi connectivity index (χ2v) is 7.76. The van der Waals surface area contributed by atoms with Gasteiger partial charge >= 0.3 is 0 Å². The number of benzene rings is 2. The number of likely N-dealkylation sites (N-methyl/N-ethyl adjacent to an activating group) is 1. The summed E-state index contributed by atoms with van der Waals surface area (Å²) in [4.78, 5) is 30.6. The number of nitrogens with zero attached hydrogens (tertiary/aromatic N) is 2. The van der Waals surface area contributed by atoms with E-state index in [0.29, 0.717) is 26.3 Å². The van der Waals surface area contributed by atoms with Gasteiger partial charge in [0.25, 0.3) is 0 Å². The fraction of sp³-hybridized carbons (Fsp3) is 0.364. The number of morpholine rings is 1. The van der Waals surface area contributed by atoms with Crippen LogP contribution in [0.15, 0.2) is 59.5 Å². The van der Waals surface area contributed by atoms with E-state index in [1.54, 1.807) is 11.8 Å². The third-order valence-electron chi connectivity index (χ3n) is 4.89. The van der Waals surface area contributed by atoms with Gasteiger partial charge in [0.15, 0.2) is 0 Å². The maximum absolute atomic E-state index is 13.3. The lowest BCUT2D eigenvalue weighted by Crippen LogP contribution is -2.48. The zero-order valence-electron chi connectivity index (χ0n) is 16.8. The average Bonchev–Trinajstić information content (AvgIpc) is 2.75. The maximum atomic E-state index is 13.3. The molecule has 2 aromatic carbocycles. The molecule has 0 unspecified atom stereocenters. The Morgan fingerprint density at radius 2 is 1.76 bits per heavy atom. The van der Waals surface area contributed by atoms with Crippen LogP contribution in [0, 0.1) is 0 Å². The van der Waals surface area contributed by atoms with Gasteiger partial charge in [-0.15, -0.1) is 11.8 Å². The van der Waals surface area contributed by atoms with Gasteiger partial charge < -0.3 is 15.0 Å². The van der Waals surface area contributed by atoms with Crippen molar-refractivity contribution in [1.82, 2.24) is 9.80 Å². The van der Waals surface area contributed by atoms with Crippen molar-refractivity contribution in [3.05, 3.63) is 60.2 Å². The molecule has 0 bridgehead atoms. The molecule has 1 fully saturated rings. The summed E-state index contributed by atoms with van der Waals surface area (Å²) in [6, 6.07) is 16.8. The van der Waals surface area contributed by atoms with Crippen molar-refractivity contribution in [1.29, 1.82) is 0 Å². The number of carbonyl (C=O) groups excluding carboxylic acids is 2. The Kier molecular flexibility index (Phi) is 7.69. The lowest BCUT2D eigenvalue weighted by atomic mass is 10.0. The number of amides is 2. The van der Waals surface area contributed by atoms with Crippen molar-refractivity contribution in [2.75, 3.05) is 51.5 Å². The molecule has 29 heavy (non-hydrogen) atoms. The second kappa shape index (κ2) is 10.4. The number of rotatable bonds is 7. The predicted octanol–water partition coefficient (Wildman–Crippen LogP) is 2.88. The van der Waals surface area contributed by atoms with Crippen molar-refractivity contribution >= 4 is 29.3 Å². The highest BCUT2D eigenvalue weighted by Crippen LogP contribution is 2.26. The number of anilines is 1. The Hall–Kier alpha value is -2.35. The largest absolute Gasteiger partial charge is 0.378 e. The van der Waals surface area contributed by atoms with Crippen LogP contribution in [0.1, 0.15) is 11.6 Å². The molecule has 1 N–H and O–H groups in total. The molecule has 0 aromatic heterocycles. The van der Waals surface area contributed by atoms with Crippen LogP contribution in [0.5, 0.6) is 0 Å². The molecule has 2 amide bonds. The molecule has 2 aromatic rings. The van der Waals surface area contributed by atoms with E-state index in [1.807, 2.05) is 77.7 Å². The first-order valence-electron chi connectivity index (χ1n) is 9.64. The number of hydrogen-bond donors (Lipinski definition) is 1. The molecule has 0 radical (unpaired) electrons. The summed E-state index contributed by atoms with van der Waals surface area (Å²) in [7, 11) is 1.82. The van der Waals surface area contributed by atoms with Gasteiger partial charge in [0, 0.05) is 18.0 Å². The smallest absolute Gasteiger partial charge is 0.244 e. The van der Waals surface area contributed by atoms with Gasteiger partial charge in [0.05, 0.1) is 25.4 Å². The van der Waals surface area contributed by atoms with Gasteiger partial charge in [0.2, 0.25) is 11.8 Å². The number of para-hydroxylation sites is 1. The van der Waals surface area contributed by atoms with E-state index in [2.05, 4.69) is 5.32 Å². The van der Waals surface area contributed by atoms with E-state index < -0.39 is 6.04 Å². The van der Waals surface area contributed by atoms with Gasteiger partial charge in [-0.1, -0.05) is 42.5 Å². The number of nitrogens with one attached hydrogen (secondary N) is 1. The molecule has 0 spiro atoms. The minimum absolute atomic E-state index is 0.000635. The average molecular weight is 414 g/mol. The summed E-state index contributed by atoms with van der Waals surface area (Å²) >= 11 is 1.58. The highest BCUT2D eigenvalue weighted by atomic mass is 32.2. The molecule has 7 heteroatoms. The molecule has 154 valence electrons. The Morgan fingerprint density at radius 3 is 2.45 bits per heavy atom. The van der Waals surface area contributed by atoms with Crippen LogP contribution in [0.3, 0.4) is 0 Å². The molecule has 1 saturated heterocycles. The predicted molar refractivity (Wildman–Crippen MR) is 116 cm³/mol. The molecule has 6 nitrogen and oxygen atoms in total. The van der Waals surface area contributed by atoms with Gasteiger partial charge in [-0.3, -0.25) is 14.5 Å². The Balaban J connectivity index is 1.74. The molecular formula is C22H27N3O3S. The summed E-state index contributed by atoms with van der Waals surface area (Å²) in [5, 5.41) is 2.97. The quantitative estimate of drug-likeness (QED) is 0.708. The Bertz CT molecular complexity index is 825. The third kappa shape index (κ3) is 5.59. The van der Waals surface area contributed by atoms with Gasteiger partial charge in [-0.2, -0.15) is 0 Å². The molecule has 1 heterocycles. The fourth-order valence-corrected chi connectivity index (χ4v) is 3.99. The summed E-state index contributed by atoms with van der Waals surface area (Å²) in [5.41, 5.74) is 1.66. The maximum Gasteiger partial charge on any atom is 0.244 e. The van der Waals surface area contributed by atoms with E-state index in [1.165, 1.54) is 0 Å². The van der Waals surface area contributed by atoms with Crippen molar-refractivity contribution in [2.24, 2.45) is 0 Å². The van der Waals surface area contributed by atoms with Crippen molar-refractivity contribution in [3.63, 3.8) is 0 Å². The molecule has 0 aliphatic carbocycles. The van der Waals surface area contributed by atoms with Gasteiger partial charge in [0.1, 0.15) is 6.04 Å². The van der Waals surface area contributed by atoms with Crippen LogP contribution in [0.2, 0.25) is 0 Å². The number of hydrogen-bond acceptors (Lipinski definition) is 5. The molecule has 1 aliphatic rings. The monoisotopic (exact) mass is 413 g/mol. The van der Waals surface area contributed by atoms with E-state index >= 15 is 0 Å². The number of ether oxygens (including phenoxy) is 1. The van der Waals surface area contributed by atoms with Crippen molar-refractivity contribution in [2.45, 2.75) is 10.9 Å². The Morgan fingerprint density at radius 1 is 1.10 bits per heavy atom. The SMILES string of the molecule is CSc1ccccc1NC(=O)CN(C)[C@H](C(=O)N1CCOCC1)c1ccccc1.